The molecule has 0 amide bonds. The molecule has 0 aliphatic carbocycles. The molecule has 0 fully saturated rings. The molecule has 0 saturated heterocycles. The topological polar surface area (TPSA) is 74.4 Å². The summed E-state index contributed by atoms with van der Waals surface area (Å²) in [7, 11) is 0. The average Bonchev–Trinajstić information content (AvgIpc) is 2.84. The Kier molecular flexibility index (Phi) is 4.95. The van der Waals surface area contributed by atoms with Gasteiger partial charge in [-0.15, -0.1) is 11.3 Å². The largest absolute Gasteiger partial charge is 0.491 e. The fourth-order valence-electron chi connectivity index (χ4n) is 1.54. The lowest BCUT2D eigenvalue weighted by atomic mass is 10.3. The molecule has 5 nitrogen and oxygen atoms in total. The molecular formula is C14H16N2O3S. The van der Waals surface area contributed by atoms with Gasteiger partial charge in [0.1, 0.15) is 17.4 Å². The zero-order valence-corrected chi connectivity index (χ0v) is 12.0. The Morgan fingerprint density at radius 1 is 1.40 bits per heavy atom. The number of carbonyl (C=O) groups is 1. The van der Waals surface area contributed by atoms with Crippen LogP contribution in [0.25, 0.3) is 0 Å². The number of benzene rings is 1. The highest BCUT2D eigenvalue weighted by molar-refractivity contribution is 7.09. The van der Waals surface area contributed by atoms with Gasteiger partial charge >= 0.3 is 5.97 Å². The first-order valence-electron chi connectivity index (χ1n) is 6.19. The summed E-state index contributed by atoms with van der Waals surface area (Å²) in [6, 6.07) is 7.17. The highest BCUT2D eigenvalue weighted by Gasteiger charge is 2.07. The molecule has 106 valence electrons. The number of anilines is 1. The molecule has 0 atom stereocenters. The van der Waals surface area contributed by atoms with Crippen molar-refractivity contribution in [1.29, 1.82) is 0 Å². The first kappa shape index (κ1) is 14.3. The minimum Gasteiger partial charge on any atom is -0.491 e. The molecule has 0 radical (unpaired) electrons. The van der Waals surface area contributed by atoms with Crippen molar-refractivity contribution >= 4 is 23.0 Å². The third-order valence-electron chi connectivity index (χ3n) is 2.51. The number of carbonyl (C=O) groups excluding carboxylic acids is 1. The Hall–Kier alpha value is -2.08. The zero-order chi connectivity index (χ0) is 14.4. The van der Waals surface area contributed by atoms with Gasteiger partial charge in [0, 0.05) is 11.1 Å². The first-order chi connectivity index (χ1) is 9.65. The van der Waals surface area contributed by atoms with Crippen LogP contribution in [0.1, 0.15) is 17.1 Å². The summed E-state index contributed by atoms with van der Waals surface area (Å²) < 4.78 is 10.5. The molecule has 0 aliphatic heterocycles. The van der Waals surface area contributed by atoms with Crippen molar-refractivity contribution in [3.63, 3.8) is 0 Å². The van der Waals surface area contributed by atoms with Crippen LogP contribution in [0.15, 0.2) is 29.6 Å². The summed E-state index contributed by atoms with van der Waals surface area (Å²) in [5, 5.41) is 2.72. The normalized spacial score (nSPS) is 10.2. The Balaban J connectivity index is 1.69. The van der Waals surface area contributed by atoms with Crippen LogP contribution in [-0.2, 0) is 16.1 Å². The van der Waals surface area contributed by atoms with Crippen LogP contribution < -0.4 is 10.5 Å². The summed E-state index contributed by atoms with van der Waals surface area (Å²) >= 11 is 1.48. The van der Waals surface area contributed by atoms with E-state index in [1.54, 1.807) is 12.1 Å². The van der Waals surface area contributed by atoms with E-state index in [1.807, 2.05) is 24.4 Å². The number of esters is 1. The molecule has 0 aliphatic rings. The van der Waals surface area contributed by atoms with E-state index in [-0.39, 0.29) is 25.6 Å². The van der Waals surface area contributed by atoms with Gasteiger partial charge in [-0.25, -0.2) is 4.98 Å². The van der Waals surface area contributed by atoms with E-state index in [1.165, 1.54) is 11.3 Å². The zero-order valence-electron chi connectivity index (χ0n) is 11.2. The third kappa shape index (κ3) is 4.24. The van der Waals surface area contributed by atoms with Gasteiger partial charge in [0.2, 0.25) is 0 Å². The molecule has 0 saturated carbocycles. The lowest BCUT2D eigenvalue weighted by Gasteiger charge is -2.08. The summed E-state index contributed by atoms with van der Waals surface area (Å²) in [5.74, 6) is 0.267. The van der Waals surface area contributed by atoms with Crippen LogP contribution in [0.2, 0.25) is 0 Å². The number of aryl methyl sites for hydroxylation is 1. The SMILES string of the molecule is Cc1csc(COC(=O)CCOc2ccccc2N)n1. The van der Waals surface area contributed by atoms with E-state index >= 15 is 0 Å². The summed E-state index contributed by atoms with van der Waals surface area (Å²) in [5.41, 5.74) is 7.22. The molecule has 2 N–H and O–H groups in total. The van der Waals surface area contributed by atoms with Crippen molar-refractivity contribution in [3.05, 3.63) is 40.3 Å². The highest BCUT2D eigenvalue weighted by atomic mass is 32.1. The van der Waals surface area contributed by atoms with Crippen LogP contribution in [-0.4, -0.2) is 17.6 Å². The number of para-hydroxylation sites is 2. The van der Waals surface area contributed by atoms with Gasteiger partial charge in [-0.2, -0.15) is 0 Å². The Labute approximate surface area is 121 Å². The smallest absolute Gasteiger partial charge is 0.309 e. The number of nitrogens with zero attached hydrogens (tertiary/aromatic N) is 1. The number of nitrogen functional groups attached to an aromatic ring is 1. The predicted molar refractivity (Wildman–Crippen MR) is 77.6 cm³/mol. The number of rotatable bonds is 6. The number of hydrogen-bond donors (Lipinski definition) is 1. The maximum absolute atomic E-state index is 11.5. The van der Waals surface area contributed by atoms with Crippen molar-refractivity contribution in [2.45, 2.75) is 20.0 Å². The molecular weight excluding hydrogens is 276 g/mol. The fraction of sp³-hybridized carbons (Fsp3) is 0.286. The standard InChI is InChI=1S/C14H16N2O3S/c1-10-9-20-13(16-10)8-19-14(17)6-7-18-12-5-3-2-4-11(12)15/h2-5,9H,6-8,15H2,1H3. The second kappa shape index (κ2) is 6.91. The molecule has 2 aromatic rings. The monoisotopic (exact) mass is 292 g/mol. The van der Waals surface area contributed by atoms with E-state index in [0.717, 1.165) is 10.7 Å². The molecule has 1 heterocycles. The highest BCUT2D eigenvalue weighted by Crippen LogP contribution is 2.19. The lowest BCUT2D eigenvalue weighted by Crippen LogP contribution is -2.10. The van der Waals surface area contributed by atoms with E-state index < -0.39 is 0 Å². The lowest BCUT2D eigenvalue weighted by molar-refractivity contribution is -0.145. The summed E-state index contributed by atoms with van der Waals surface area (Å²) in [6.07, 6.45) is 0.179. The molecule has 0 unspecified atom stereocenters. The molecule has 0 bridgehead atoms. The maximum atomic E-state index is 11.5. The molecule has 0 spiro atoms. The van der Waals surface area contributed by atoms with Crippen molar-refractivity contribution < 1.29 is 14.3 Å². The van der Waals surface area contributed by atoms with Crippen molar-refractivity contribution in [1.82, 2.24) is 4.98 Å². The molecule has 20 heavy (non-hydrogen) atoms. The number of ether oxygens (including phenoxy) is 2. The second-order valence-electron chi connectivity index (χ2n) is 4.18. The quantitative estimate of drug-likeness (QED) is 0.654. The number of hydrogen-bond acceptors (Lipinski definition) is 6. The van der Waals surface area contributed by atoms with E-state index in [9.17, 15) is 4.79 Å². The molecule has 1 aromatic heterocycles. The fourth-order valence-corrected chi connectivity index (χ4v) is 2.22. The van der Waals surface area contributed by atoms with E-state index in [4.69, 9.17) is 15.2 Å². The second-order valence-corrected chi connectivity index (χ2v) is 5.12. The van der Waals surface area contributed by atoms with Crippen LogP contribution in [0.3, 0.4) is 0 Å². The summed E-state index contributed by atoms with van der Waals surface area (Å²) in [4.78, 5) is 15.8. The van der Waals surface area contributed by atoms with Crippen LogP contribution in [0.4, 0.5) is 5.69 Å². The maximum Gasteiger partial charge on any atom is 0.309 e. The predicted octanol–water partition coefficient (Wildman–Crippen LogP) is 2.55. The van der Waals surface area contributed by atoms with Crippen LogP contribution >= 0.6 is 11.3 Å². The van der Waals surface area contributed by atoms with Gasteiger partial charge in [0.25, 0.3) is 0 Å². The van der Waals surface area contributed by atoms with Gasteiger partial charge in [0.15, 0.2) is 0 Å². The van der Waals surface area contributed by atoms with Crippen LogP contribution in [0, 0.1) is 6.92 Å². The van der Waals surface area contributed by atoms with Gasteiger partial charge < -0.3 is 15.2 Å². The van der Waals surface area contributed by atoms with Gasteiger partial charge in [-0.1, -0.05) is 12.1 Å². The number of thiazole rings is 1. The van der Waals surface area contributed by atoms with Gasteiger partial charge in [0.05, 0.1) is 18.7 Å². The third-order valence-corrected chi connectivity index (χ3v) is 3.45. The minimum atomic E-state index is -0.313. The Bertz CT molecular complexity index is 583. The first-order valence-corrected chi connectivity index (χ1v) is 7.07. The van der Waals surface area contributed by atoms with Crippen molar-refractivity contribution in [2.75, 3.05) is 12.3 Å². The minimum absolute atomic E-state index is 0.179. The van der Waals surface area contributed by atoms with Gasteiger partial charge in [-0.3, -0.25) is 4.79 Å². The molecule has 2 rings (SSSR count). The van der Waals surface area contributed by atoms with Crippen LogP contribution in [0.5, 0.6) is 5.75 Å². The van der Waals surface area contributed by atoms with E-state index in [0.29, 0.717) is 11.4 Å². The number of nitrogens with two attached hydrogens (primary N) is 1. The van der Waals surface area contributed by atoms with E-state index in [2.05, 4.69) is 4.98 Å². The van der Waals surface area contributed by atoms with Crippen molar-refractivity contribution in [2.24, 2.45) is 0 Å². The Morgan fingerprint density at radius 2 is 2.20 bits per heavy atom. The summed E-state index contributed by atoms with van der Waals surface area (Å²) in [6.45, 7) is 2.36. The average molecular weight is 292 g/mol. The molecule has 6 heteroatoms. The van der Waals surface area contributed by atoms with Crippen molar-refractivity contribution in [3.8, 4) is 5.75 Å². The Morgan fingerprint density at radius 3 is 2.90 bits per heavy atom. The van der Waals surface area contributed by atoms with Gasteiger partial charge in [-0.05, 0) is 19.1 Å². The molecule has 1 aromatic carbocycles. The number of aromatic nitrogens is 1.